The van der Waals surface area contributed by atoms with E-state index in [1.165, 1.54) is 18.4 Å². The number of alkyl halides is 1. The van der Waals surface area contributed by atoms with E-state index in [1.54, 1.807) is 0 Å². The molecule has 0 saturated carbocycles. The van der Waals surface area contributed by atoms with Gasteiger partial charge >= 0.3 is 0 Å². The van der Waals surface area contributed by atoms with Gasteiger partial charge in [-0.25, -0.2) is 0 Å². The van der Waals surface area contributed by atoms with Crippen molar-refractivity contribution in [3.63, 3.8) is 0 Å². The molecule has 13 heavy (non-hydrogen) atoms. The van der Waals surface area contributed by atoms with E-state index in [9.17, 15) is 0 Å². The molecule has 0 bridgehead atoms. The van der Waals surface area contributed by atoms with E-state index < -0.39 is 0 Å². The molecule has 0 saturated heterocycles. The Morgan fingerprint density at radius 1 is 1.54 bits per heavy atom. The van der Waals surface area contributed by atoms with E-state index in [-0.39, 0.29) is 0 Å². The Balaban J connectivity index is 2.24. The first kappa shape index (κ1) is 11.2. The Hall–Kier alpha value is 0.170. The van der Waals surface area contributed by atoms with Crippen LogP contribution in [0.1, 0.15) is 26.2 Å². The summed E-state index contributed by atoms with van der Waals surface area (Å²) in [4.78, 5) is 0. The summed E-state index contributed by atoms with van der Waals surface area (Å²) in [6, 6.07) is 0. The van der Waals surface area contributed by atoms with Crippen molar-refractivity contribution < 1.29 is 4.74 Å². The first-order chi connectivity index (χ1) is 6.36. The number of allylic oxidation sites excluding steroid dienone is 2. The maximum absolute atomic E-state index is 5.75. The van der Waals surface area contributed by atoms with Crippen molar-refractivity contribution in [2.45, 2.75) is 32.3 Å². The van der Waals surface area contributed by atoms with Crippen LogP contribution in [0.3, 0.4) is 0 Å². The van der Waals surface area contributed by atoms with E-state index in [0.717, 1.165) is 17.5 Å². The van der Waals surface area contributed by atoms with Crippen LogP contribution in [-0.4, -0.2) is 17.1 Å². The molecule has 2 heteroatoms. The van der Waals surface area contributed by atoms with E-state index in [1.807, 2.05) is 0 Å². The summed E-state index contributed by atoms with van der Waals surface area (Å²) in [6.45, 7) is 2.96. The van der Waals surface area contributed by atoms with Crippen LogP contribution in [-0.2, 0) is 4.74 Å². The number of ether oxygens (including phenoxy) is 1. The van der Waals surface area contributed by atoms with Crippen molar-refractivity contribution in [1.82, 2.24) is 0 Å². The zero-order chi connectivity index (χ0) is 9.52. The predicted molar refractivity (Wildman–Crippen MR) is 65.4 cm³/mol. The molecule has 0 aliphatic heterocycles. The second-order valence-corrected chi connectivity index (χ2v) is 4.14. The van der Waals surface area contributed by atoms with Gasteiger partial charge in [0.15, 0.2) is 0 Å². The standard InChI is InChI=1S/C11H17IO/c1-2-11(8-12)13-9-10-6-4-3-5-7-10/h4,6-7,11H,2-3,5,8-9H2,1H3. The molecule has 0 fully saturated rings. The summed E-state index contributed by atoms with van der Waals surface area (Å²) in [5.74, 6) is 0. The second-order valence-electron chi connectivity index (χ2n) is 3.25. The molecule has 0 radical (unpaired) electrons. The summed E-state index contributed by atoms with van der Waals surface area (Å²) in [5.41, 5.74) is 1.34. The van der Waals surface area contributed by atoms with Crippen LogP contribution in [0.25, 0.3) is 0 Å². The summed E-state index contributed by atoms with van der Waals surface area (Å²) >= 11 is 2.38. The van der Waals surface area contributed by atoms with Gasteiger partial charge in [-0.2, -0.15) is 0 Å². The number of halogens is 1. The molecule has 1 aliphatic carbocycles. The SMILES string of the molecule is CCC(CI)OCC1=CCCC=C1. The van der Waals surface area contributed by atoms with Crippen LogP contribution >= 0.6 is 22.6 Å². The first-order valence-corrected chi connectivity index (χ1v) is 6.42. The lowest BCUT2D eigenvalue weighted by Gasteiger charge is -2.14. The highest BCUT2D eigenvalue weighted by atomic mass is 127. The van der Waals surface area contributed by atoms with Gasteiger partial charge in [0.25, 0.3) is 0 Å². The van der Waals surface area contributed by atoms with Gasteiger partial charge in [0, 0.05) is 4.43 Å². The van der Waals surface area contributed by atoms with Crippen LogP contribution in [0.5, 0.6) is 0 Å². The Morgan fingerprint density at radius 3 is 2.92 bits per heavy atom. The summed E-state index contributed by atoms with van der Waals surface area (Å²) < 4.78 is 6.84. The predicted octanol–water partition coefficient (Wildman–Crippen LogP) is 3.49. The Bertz CT molecular complexity index is 192. The van der Waals surface area contributed by atoms with Gasteiger partial charge in [-0.15, -0.1) is 0 Å². The highest BCUT2D eigenvalue weighted by Crippen LogP contribution is 2.12. The van der Waals surface area contributed by atoms with Crippen molar-refractivity contribution in [3.05, 3.63) is 23.8 Å². The molecule has 74 valence electrons. The minimum absolute atomic E-state index is 0.428. The molecular weight excluding hydrogens is 275 g/mol. The molecule has 0 aromatic heterocycles. The van der Waals surface area contributed by atoms with Crippen LogP contribution in [0.2, 0.25) is 0 Å². The highest BCUT2D eigenvalue weighted by Gasteiger charge is 2.05. The fraction of sp³-hybridized carbons (Fsp3) is 0.636. The molecule has 0 amide bonds. The fourth-order valence-corrected chi connectivity index (χ4v) is 2.14. The summed E-state index contributed by atoms with van der Waals surface area (Å²) in [7, 11) is 0. The maximum atomic E-state index is 5.75. The number of rotatable bonds is 5. The minimum atomic E-state index is 0.428. The molecule has 0 aromatic rings. The van der Waals surface area contributed by atoms with Crippen LogP contribution < -0.4 is 0 Å². The lowest BCUT2D eigenvalue weighted by Crippen LogP contribution is -2.14. The number of hydrogen-bond acceptors (Lipinski definition) is 1. The van der Waals surface area contributed by atoms with Crippen molar-refractivity contribution in [2.75, 3.05) is 11.0 Å². The van der Waals surface area contributed by atoms with Crippen molar-refractivity contribution in [1.29, 1.82) is 0 Å². The Labute approximate surface area is 94.4 Å². The van der Waals surface area contributed by atoms with Crippen molar-refractivity contribution in [3.8, 4) is 0 Å². The van der Waals surface area contributed by atoms with E-state index in [2.05, 4.69) is 47.7 Å². The van der Waals surface area contributed by atoms with Crippen LogP contribution in [0.4, 0.5) is 0 Å². The molecule has 0 heterocycles. The summed E-state index contributed by atoms with van der Waals surface area (Å²) in [5, 5.41) is 0. The van der Waals surface area contributed by atoms with Gasteiger partial charge in [-0.05, 0) is 24.8 Å². The van der Waals surface area contributed by atoms with Gasteiger partial charge in [-0.1, -0.05) is 47.7 Å². The van der Waals surface area contributed by atoms with Crippen molar-refractivity contribution >= 4 is 22.6 Å². The van der Waals surface area contributed by atoms with Gasteiger partial charge < -0.3 is 4.74 Å². The third-order valence-corrected chi connectivity index (χ3v) is 3.17. The first-order valence-electron chi connectivity index (χ1n) is 4.90. The molecule has 1 aliphatic rings. The molecule has 1 atom stereocenters. The van der Waals surface area contributed by atoms with Gasteiger partial charge in [0.1, 0.15) is 0 Å². The molecule has 1 nitrogen and oxygen atoms in total. The fourth-order valence-electron chi connectivity index (χ4n) is 1.26. The average Bonchev–Trinajstić information content (AvgIpc) is 2.21. The van der Waals surface area contributed by atoms with E-state index in [0.29, 0.717) is 6.10 Å². The minimum Gasteiger partial charge on any atom is -0.373 e. The van der Waals surface area contributed by atoms with Crippen LogP contribution in [0, 0.1) is 0 Å². The highest BCUT2D eigenvalue weighted by molar-refractivity contribution is 14.1. The van der Waals surface area contributed by atoms with Gasteiger partial charge in [-0.3, -0.25) is 0 Å². The summed E-state index contributed by atoms with van der Waals surface area (Å²) in [6.07, 6.45) is 10.6. The molecule has 1 unspecified atom stereocenters. The quantitative estimate of drug-likeness (QED) is 0.557. The van der Waals surface area contributed by atoms with Gasteiger partial charge in [0.2, 0.25) is 0 Å². The monoisotopic (exact) mass is 292 g/mol. The van der Waals surface area contributed by atoms with Crippen LogP contribution in [0.15, 0.2) is 23.8 Å². The van der Waals surface area contributed by atoms with Crippen molar-refractivity contribution in [2.24, 2.45) is 0 Å². The second kappa shape index (κ2) is 6.60. The largest absolute Gasteiger partial charge is 0.373 e. The lowest BCUT2D eigenvalue weighted by atomic mass is 10.1. The Kier molecular flexibility index (Phi) is 5.71. The van der Waals surface area contributed by atoms with E-state index >= 15 is 0 Å². The smallest absolute Gasteiger partial charge is 0.0717 e. The molecule has 0 spiro atoms. The average molecular weight is 292 g/mol. The van der Waals surface area contributed by atoms with Gasteiger partial charge in [0.05, 0.1) is 12.7 Å². The Morgan fingerprint density at radius 2 is 2.38 bits per heavy atom. The number of hydrogen-bond donors (Lipinski definition) is 0. The molecule has 0 N–H and O–H groups in total. The zero-order valence-corrected chi connectivity index (χ0v) is 10.3. The zero-order valence-electron chi connectivity index (χ0n) is 8.13. The molecular formula is C11H17IO. The normalized spacial score (nSPS) is 18.5. The molecule has 1 rings (SSSR count). The third-order valence-electron chi connectivity index (χ3n) is 2.18. The molecule has 0 aromatic carbocycles. The van der Waals surface area contributed by atoms with E-state index in [4.69, 9.17) is 4.74 Å². The topological polar surface area (TPSA) is 9.23 Å². The maximum Gasteiger partial charge on any atom is 0.0717 e. The third kappa shape index (κ3) is 4.27. The lowest BCUT2D eigenvalue weighted by molar-refractivity contribution is 0.0875.